The van der Waals surface area contributed by atoms with E-state index in [0.29, 0.717) is 0 Å². The van der Waals surface area contributed by atoms with Crippen LogP contribution < -0.4 is 10.1 Å². The van der Waals surface area contributed by atoms with E-state index < -0.39 is 11.9 Å². The number of ketones is 1. The molecule has 2 atom stereocenters. The summed E-state index contributed by atoms with van der Waals surface area (Å²) < 4.78 is 19.0. The summed E-state index contributed by atoms with van der Waals surface area (Å²) in [6.07, 6.45) is 0.00168. The van der Waals surface area contributed by atoms with Crippen LogP contribution in [-0.4, -0.2) is 23.8 Å². The summed E-state index contributed by atoms with van der Waals surface area (Å²) in [5.74, 6) is -1.21. The molecule has 5 heteroatoms. The molecule has 0 saturated heterocycles. The summed E-state index contributed by atoms with van der Waals surface area (Å²) in [5.41, 5.74) is 0.270. The van der Waals surface area contributed by atoms with Crippen LogP contribution in [0.4, 0.5) is 4.39 Å². The quantitative estimate of drug-likeness (QED) is 0.816. The number of carbonyl (C=O) groups excluding carboxylic acids is 2. The van der Waals surface area contributed by atoms with Gasteiger partial charge in [0.25, 0.3) is 5.91 Å². The van der Waals surface area contributed by atoms with Crippen molar-refractivity contribution in [1.82, 2.24) is 5.32 Å². The molecular formula is C15H20FNO3. The third-order valence-electron chi connectivity index (χ3n) is 3.01. The van der Waals surface area contributed by atoms with Crippen LogP contribution in [0.25, 0.3) is 0 Å². The largest absolute Gasteiger partial charge is 0.478 e. The highest BCUT2D eigenvalue weighted by Gasteiger charge is 2.18. The van der Waals surface area contributed by atoms with Crippen molar-refractivity contribution in [1.29, 1.82) is 0 Å². The van der Waals surface area contributed by atoms with Crippen LogP contribution in [0.1, 0.15) is 44.5 Å². The normalized spacial score (nSPS) is 13.4. The highest BCUT2D eigenvalue weighted by molar-refractivity contribution is 5.94. The second-order valence-electron chi connectivity index (χ2n) is 4.78. The maximum atomic E-state index is 13.8. The fourth-order valence-electron chi connectivity index (χ4n) is 1.52. The number of halogens is 1. The molecule has 0 saturated carbocycles. The molecule has 1 amide bonds. The van der Waals surface area contributed by atoms with Gasteiger partial charge in [0.15, 0.2) is 23.5 Å². The highest BCUT2D eigenvalue weighted by atomic mass is 19.1. The Labute approximate surface area is 118 Å². The Hall–Kier alpha value is -1.91. The van der Waals surface area contributed by atoms with Crippen LogP contribution in [0, 0.1) is 5.82 Å². The molecule has 4 nitrogen and oxygen atoms in total. The lowest BCUT2D eigenvalue weighted by atomic mass is 10.1. The summed E-state index contributed by atoms with van der Waals surface area (Å²) >= 11 is 0. The molecule has 0 fully saturated rings. The summed E-state index contributed by atoms with van der Waals surface area (Å²) in [5, 5.41) is 2.76. The minimum atomic E-state index is -0.804. The molecule has 20 heavy (non-hydrogen) atoms. The molecule has 2 unspecified atom stereocenters. The SMILES string of the molecule is CCC(C)NC(=O)C(C)Oc1ccc(C(C)=O)cc1F. The first-order valence-electron chi connectivity index (χ1n) is 6.62. The number of hydrogen-bond donors (Lipinski definition) is 1. The van der Waals surface area contributed by atoms with Gasteiger partial charge in [-0.1, -0.05) is 6.92 Å². The van der Waals surface area contributed by atoms with Crippen LogP contribution >= 0.6 is 0 Å². The topological polar surface area (TPSA) is 55.4 Å². The number of carbonyl (C=O) groups is 2. The third-order valence-corrected chi connectivity index (χ3v) is 3.01. The van der Waals surface area contributed by atoms with Crippen molar-refractivity contribution in [2.24, 2.45) is 0 Å². The molecular weight excluding hydrogens is 261 g/mol. The molecule has 0 aromatic heterocycles. The number of amides is 1. The van der Waals surface area contributed by atoms with E-state index in [1.165, 1.54) is 19.1 Å². The summed E-state index contributed by atoms with van der Waals surface area (Å²) in [6.45, 7) is 6.75. The number of ether oxygens (including phenoxy) is 1. The predicted octanol–water partition coefficient (Wildman–Crippen LogP) is 2.71. The maximum absolute atomic E-state index is 13.8. The highest BCUT2D eigenvalue weighted by Crippen LogP contribution is 2.20. The fourth-order valence-corrected chi connectivity index (χ4v) is 1.52. The Morgan fingerprint density at radius 2 is 2.00 bits per heavy atom. The van der Waals surface area contributed by atoms with E-state index in [2.05, 4.69) is 5.32 Å². The van der Waals surface area contributed by atoms with Gasteiger partial charge in [0.1, 0.15) is 0 Å². The van der Waals surface area contributed by atoms with Gasteiger partial charge in [-0.25, -0.2) is 4.39 Å². The first kappa shape index (κ1) is 16.1. The number of hydrogen-bond acceptors (Lipinski definition) is 3. The lowest BCUT2D eigenvalue weighted by molar-refractivity contribution is -0.127. The van der Waals surface area contributed by atoms with Gasteiger partial charge in [-0.2, -0.15) is 0 Å². The van der Waals surface area contributed by atoms with Gasteiger partial charge in [0.2, 0.25) is 0 Å². The van der Waals surface area contributed by atoms with E-state index in [0.717, 1.165) is 12.5 Å². The van der Waals surface area contributed by atoms with Crippen LogP contribution in [-0.2, 0) is 4.79 Å². The zero-order valence-corrected chi connectivity index (χ0v) is 12.2. The lowest BCUT2D eigenvalue weighted by Gasteiger charge is -2.18. The maximum Gasteiger partial charge on any atom is 0.260 e. The number of benzene rings is 1. The smallest absolute Gasteiger partial charge is 0.260 e. The van der Waals surface area contributed by atoms with Crippen LogP contribution in [0.2, 0.25) is 0 Å². The standard InChI is InChI=1S/C15H20FNO3/c1-5-9(2)17-15(19)11(4)20-14-7-6-12(10(3)18)8-13(14)16/h6-9,11H,5H2,1-4H3,(H,17,19). The van der Waals surface area contributed by atoms with Crippen molar-refractivity contribution in [3.63, 3.8) is 0 Å². The molecule has 0 bridgehead atoms. The van der Waals surface area contributed by atoms with Gasteiger partial charge in [-0.15, -0.1) is 0 Å². The van der Waals surface area contributed by atoms with E-state index in [1.54, 1.807) is 6.92 Å². The van der Waals surface area contributed by atoms with Crippen molar-refractivity contribution in [3.8, 4) is 5.75 Å². The molecule has 0 heterocycles. The van der Waals surface area contributed by atoms with Gasteiger partial charge >= 0.3 is 0 Å². The molecule has 0 spiro atoms. The molecule has 1 rings (SSSR count). The Morgan fingerprint density at radius 3 is 2.50 bits per heavy atom. The third kappa shape index (κ3) is 4.33. The van der Waals surface area contributed by atoms with Gasteiger partial charge in [0.05, 0.1) is 0 Å². The Morgan fingerprint density at radius 1 is 1.35 bits per heavy atom. The Kier molecular flexibility index (Phi) is 5.67. The molecule has 0 aliphatic rings. The molecule has 110 valence electrons. The summed E-state index contributed by atoms with van der Waals surface area (Å²) in [7, 11) is 0. The van der Waals surface area contributed by atoms with E-state index in [4.69, 9.17) is 4.74 Å². The fraction of sp³-hybridized carbons (Fsp3) is 0.467. The van der Waals surface area contributed by atoms with Gasteiger partial charge in [0, 0.05) is 11.6 Å². The molecule has 1 N–H and O–H groups in total. The monoisotopic (exact) mass is 281 g/mol. The van der Waals surface area contributed by atoms with Gasteiger partial charge in [-0.05, 0) is 45.4 Å². The number of rotatable bonds is 6. The van der Waals surface area contributed by atoms with Crippen LogP contribution in [0.3, 0.4) is 0 Å². The number of nitrogens with one attached hydrogen (secondary N) is 1. The van der Waals surface area contributed by atoms with Crippen molar-refractivity contribution >= 4 is 11.7 Å². The molecule has 0 aliphatic heterocycles. The second kappa shape index (κ2) is 7.03. The summed E-state index contributed by atoms with van der Waals surface area (Å²) in [4.78, 5) is 22.9. The van der Waals surface area contributed by atoms with Gasteiger partial charge < -0.3 is 10.1 Å². The van der Waals surface area contributed by atoms with Gasteiger partial charge in [-0.3, -0.25) is 9.59 Å². The number of Topliss-reactive ketones (excluding diaryl/α,β-unsaturated/α-hetero) is 1. The second-order valence-corrected chi connectivity index (χ2v) is 4.78. The van der Waals surface area contributed by atoms with E-state index in [-0.39, 0.29) is 29.0 Å². The predicted molar refractivity (Wildman–Crippen MR) is 74.4 cm³/mol. The van der Waals surface area contributed by atoms with E-state index in [9.17, 15) is 14.0 Å². The van der Waals surface area contributed by atoms with Crippen LogP contribution in [0.15, 0.2) is 18.2 Å². The molecule has 0 aliphatic carbocycles. The first-order valence-corrected chi connectivity index (χ1v) is 6.62. The van der Waals surface area contributed by atoms with Crippen molar-refractivity contribution < 1.29 is 18.7 Å². The van der Waals surface area contributed by atoms with E-state index in [1.807, 2.05) is 13.8 Å². The van der Waals surface area contributed by atoms with Crippen LogP contribution in [0.5, 0.6) is 5.75 Å². The zero-order chi connectivity index (χ0) is 15.3. The minimum Gasteiger partial charge on any atom is -0.478 e. The average Bonchev–Trinajstić information content (AvgIpc) is 2.40. The Balaban J connectivity index is 2.73. The average molecular weight is 281 g/mol. The lowest BCUT2D eigenvalue weighted by Crippen LogP contribution is -2.41. The first-order chi connectivity index (χ1) is 9.35. The molecule has 1 aromatic carbocycles. The zero-order valence-electron chi connectivity index (χ0n) is 12.2. The van der Waals surface area contributed by atoms with Crippen molar-refractivity contribution in [3.05, 3.63) is 29.6 Å². The van der Waals surface area contributed by atoms with Crippen molar-refractivity contribution in [2.45, 2.75) is 46.3 Å². The Bertz CT molecular complexity index is 502. The summed E-state index contributed by atoms with van der Waals surface area (Å²) in [6, 6.07) is 3.98. The minimum absolute atomic E-state index is 0.0400. The molecule has 0 radical (unpaired) electrons. The van der Waals surface area contributed by atoms with Crippen molar-refractivity contribution in [2.75, 3.05) is 0 Å². The molecule has 1 aromatic rings. The van der Waals surface area contributed by atoms with E-state index >= 15 is 0 Å².